The van der Waals surface area contributed by atoms with Crippen molar-refractivity contribution in [3.63, 3.8) is 0 Å². The number of amides is 1. The van der Waals surface area contributed by atoms with Crippen LogP contribution in [0.15, 0.2) is 24.4 Å². The molecule has 0 aliphatic rings. The summed E-state index contributed by atoms with van der Waals surface area (Å²) in [6.45, 7) is 4.38. The maximum absolute atomic E-state index is 11.3. The number of nitrogens with zero attached hydrogens (tertiary/aromatic N) is 1. The zero-order chi connectivity index (χ0) is 13.8. The molecule has 6 heteroatoms. The fourth-order valence-corrected chi connectivity index (χ4v) is 2.45. The Bertz CT molecular complexity index is 575. The van der Waals surface area contributed by atoms with Crippen LogP contribution in [0.4, 0.5) is 0 Å². The zero-order valence-electron chi connectivity index (χ0n) is 10.8. The Morgan fingerprint density at radius 3 is 2.68 bits per heavy atom. The van der Waals surface area contributed by atoms with E-state index in [0.717, 1.165) is 21.9 Å². The van der Waals surface area contributed by atoms with Gasteiger partial charge in [0.25, 0.3) is 5.91 Å². The number of ether oxygens (including phenoxy) is 1. The number of thiazole rings is 1. The second-order valence-electron chi connectivity index (χ2n) is 4.20. The van der Waals surface area contributed by atoms with Gasteiger partial charge in [-0.15, -0.1) is 11.3 Å². The predicted molar refractivity (Wildman–Crippen MR) is 74.0 cm³/mol. The minimum Gasteiger partial charge on any atom is -0.486 e. The first-order valence-corrected chi connectivity index (χ1v) is 6.57. The molecule has 0 atom stereocenters. The number of rotatable bonds is 4. The lowest BCUT2D eigenvalue weighted by molar-refractivity contribution is 0.0957. The molecule has 5 nitrogen and oxygen atoms in total. The van der Waals surface area contributed by atoms with Gasteiger partial charge in [0.1, 0.15) is 22.2 Å². The summed E-state index contributed by atoms with van der Waals surface area (Å²) in [5.41, 5.74) is 4.37. The van der Waals surface area contributed by atoms with Crippen LogP contribution in [0.1, 0.15) is 25.8 Å². The van der Waals surface area contributed by atoms with Crippen LogP contribution in [0.5, 0.6) is 5.75 Å². The van der Waals surface area contributed by atoms with Crippen LogP contribution in [0.2, 0.25) is 0 Å². The molecule has 100 valence electrons. The fourth-order valence-electron chi connectivity index (χ4n) is 1.71. The number of carbonyl (C=O) groups is 1. The highest BCUT2D eigenvalue weighted by atomic mass is 32.1. The number of hydrazine groups is 1. The van der Waals surface area contributed by atoms with E-state index in [0.29, 0.717) is 11.5 Å². The molecule has 3 N–H and O–H groups in total. The molecule has 0 spiro atoms. The Hall–Kier alpha value is -1.92. The van der Waals surface area contributed by atoms with Gasteiger partial charge in [-0.1, -0.05) is 6.07 Å². The van der Waals surface area contributed by atoms with Crippen LogP contribution < -0.4 is 16.0 Å². The molecule has 1 aromatic heterocycles. The van der Waals surface area contributed by atoms with E-state index in [1.165, 1.54) is 17.5 Å². The van der Waals surface area contributed by atoms with Gasteiger partial charge in [-0.2, -0.15) is 0 Å². The van der Waals surface area contributed by atoms with Gasteiger partial charge in [-0.3, -0.25) is 10.2 Å². The van der Waals surface area contributed by atoms with Gasteiger partial charge >= 0.3 is 0 Å². The number of nitrogens with two attached hydrogens (primary N) is 1. The third kappa shape index (κ3) is 3.52. The first-order valence-electron chi connectivity index (χ1n) is 5.75. The fraction of sp³-hybridized carbons (Fsp3) is 0.231. The van der Waals surface area contributed by atoms with Crippen molar-refractivity contribution in [3.05, 3.63) is 45.4 Å². The monoisotopic (exact) mass is 277 g/mol. The summed E-state index contributed by atoms with van der Waals surface area (Å²) in [6, 6.07) is 6.02. The standard InChI is InChI=1S/C13H15N3O2S/c1-8-3-9(2)5-10(4-8)18-7-12-15-6-11(19-12)13(17)16-14/h3-6H,7,14H2,1-2H3,(H,16,17). The van der Waals surface area contributed by atoms with E-state index in [1.807, 2.05) is 26.0 Å². The molecule has 2 aromatic rings. The van der Waals surface area contributed by atoms with E-state index in [9.17, 15) is 4.79 Å². The van der Waals surface area contributed by atoms with Gasteiger partial charge in [0.15, 0.2) is 0 Å². The van der Waals surface area contributed by atoms with Gasteiger partial charge in [0, 0.05) is 0 Å². The van der Waals surface area contributed by atoms with Crippen molar-refractivity contribution in [2.24, 2.45) is 5.84 Å². The SMILES string of the molecule is Cc1cc(C)cc(OCc2ncc(C(=O)NN)s2)c1. The lowest BCUT2D eigenvalue weighted by Gasteiger charge is -2.06. The molecular weight excluding hydrogens is 262 g/mol. The van der Waals surface area contributed by atoms with Crippen molar-refractivity contribution in [2.45, 2.75) is 20.5 Å². The highest BCUT2D eigenvalue weighted by Crippen LogP contribution is 2.19. The predicted octanol–water partition coefficient (Wildman–Crippen LogP) is 1.94. The lowest BCUT2D eigenvalue weighted by atomic mass is 10.1. The summed E-state index contributed by atoms with van der Waals surface area (Å²) in [5.74, 6) is 5.53. The van der Waals surface area contributed by atoms with E-state index in [4.69, 9.17) is 10.6 Å². The molecule has 0 aliphatic carbocycles. The van der Waals surface area contributed by atoms with Crippen molar-refractivity contribution >= 4 is 17.2 Å². The van der Waals surface area contributed by atoms with Crippen molar-refractivity contribution in [2.75, 3.05) is 0 Å². The average Bonchev–Trinajstić information content (AvgIpc) is 2.83. The molecule has 1 aromatic carbocycles. The highest BCUT2D eigenvalue weighted by Gasteiger charge is 2.09. The number of hydrogen-bond acceptors (Lipinski definition) is 5. The second-order valence-corrected chi connectivity index (χ2v) is 5.32. The van der Waals surface area contributed by atoms with Crippen molar-refractivity contribution < 1.29 is 9.53 Å². The van der Waals surface area contributed by atoms with Gasteiger partial charge in [0.2, 0.25) is 0 Å². The Morgan fingerprint density at radius 2 is 2.05 bits per heavy atom. The zero-order valence-corrected chi connectivity index (χ0v) is 11.6. The molecule has 0 bridgehead atoms. The molecule has 1 heterocycles. The quantitative estimate of drug-likeness (QED) is 0.508. The molecular formula is C13H15N3O2S. The summed E-state index contributed by atoms with van der Waals surface area (Å²) in [4.78, 5) is 15.9. The second kappa shape index (κ2) is 5.81. The van der Waals surface area contributed by atoms with Gasteiger partial charge in [0.05, 0.1) is 6.20 Å². The first kappa shape index (κ1) is 13.5. The number of aryl methyl sites for hydroxylation is 2. The van der Waals surface area contributed by atoms with E-state index in [1.54, 1.807) is 0 Å². The molecule has 0 radical (unpaired) electrons. The van der Waals surface area contributed by atoms with Gasteiger partial charge in [-0.25, -0.2) is 10.8 Å². The van der Waals surface area contributed by atoms with Crippen molar-refractivity contribution in [1.82, 2.24) is 10.4 Å². The lowest BCUT2D eigenvalue weighted by Crippen LogP contribution is -2.29. The summed E-state index contributed by atoms with van der Waals surface area (Å²) in [5, 5.41) is 0.734. The molecule has 0 saturated heterocycles. The highest BCUT2D eigenvalue weighted by molar-refractivity contribution is 7.13. The van der Waals surface area contributed by atoms with Crippen molar-refractivity contribution in [1.29, 1.82) is 0 Å². The van der Waals surface area contributed by atoms with E-state index < -0.39 is 0 Å². The third-order valence-electron chi connectivity index (χ3n) is 2.47. The van der Waals surface area contributed by atoms with Gasteiger partial charge in [-0.05, 0) is 37.1 Å². The Morgan fingerprint density at radius 1 is 1.37 bits per heavy atom. The first-order chi connectivity index (χ1) is 9.08. The summed E-state index contributed by atoms with van der Waals surface area (Å²) < 4.78 is 5.67. The number of aromatic nitrogens is 1. The minimum atomic E-state index is -0.338. The molecule has 0 saturated carbocycles. The number of hydrogen-bond donors (Lipinski definition) is 2. The van der Waals surface area contributed by atoms with E-state index >= 15 is 0 Å². The molecule has 1 amide bonds. The molecule has 0 unspecified atom stereocenters. The van der Waals surface area contributed by atoms with Crippen LogP contribution in [-0.4, -0.2) is 10.9 Å². The number of carbonyl (C=O) groups excluding carboxylic acids is 1. The maximum Gasteiger partial charge on any atom is 0.276 e. The number of nitrogen functional groups attached to an aromatic ring is 1. The van der Waals surface area contributed by atoms with Crippen LogP contribution in [0.3, 0.4) is 0 Å². The average molecular weight is 277 g/mol. The van der Waals surface area contributed by atoms with Gasteiger partial charge < -0.3 is 4.74 Å². The Kier molecular flexibility index (Phi) is 4.13. The molecule has 2 rings (SSSR count). The summed E-state index contributed by atoms with van der Waals surface area (Å²) in [7, 11) is 0. The minimum absolute atomic E-state index is 0.338. The van der Waals surface area contributed by atoms with Crippen LogP contribution in [0.25, 0.3) is 0 Å². The maximum atomic E-state index is 11.3. The summed E-state index contributed by atoms with van der Waals surface area (Å²) in [6.07, 6.45) is 1.49. The Labute approximate surface area is 115 Å². The van der Waals surface area contributed by atoms with Crippen LogP contribution >= 0.6 is 11.3 Å². The van der Waals surface area contributed by atoms with Crippen molar-refractivity contribution in [3.8, 4) is 5.75 Å². The molecule has 0 fully saturated rings. The number of nitrogens with one attached hydrogen (secondary N) is 1. The van der Waals surface area contributed by atoms with E-state index in [2.05, 4.69) is 16.5 Å². The Balaban J connectivity index is 2.02. The summed E-state index contributed by atoms with van der Waals surface area (Å²) >= 11 is 1.27. The molecule has 19 heavy (non-hydrogen) atoms. The number of benzene rings is 1. The topological polar surface area (TPSA) is 77.2 Å². The van der Waals surface area contributed by atoms with Crippen LogP contribution in [-0.2, 0) is 6.61 Å². The molecule has 0 aliphatic heterocycles. The van der Waals surface area contributed by atoms with Crippen LogP contribution in [0, 0.1) is 13.8 Å². The van der Waals surface area contributed by atoms with E-state index in [-0.39, 0.29) is 5.91 Å². The smallest absolute Gasteiger partial charge is 0.276 e. The largest absolute Gasteiger partial charge is 0.486 e. The normalized spacial score (nSPS) is 10.3. The third-order valence-corrected chi connectivity index (χ3v) is 3.44.